The van der Waals surface area contributed by atoms with Gasteiger partial charge in [-0.05, 0) is 23.5 Å². The Bertz CT molecular complexity index is 515. The number of fused-ring (bicyclic) bond motifs is 2. The SMILES string of the molecule is CC1(C)CC(=O)c2cc3c(c(O)c2C1)COC3. The van der Waals surface area contributed by atoms with Gasteiger partial charge in [0.2, 0.25) is 0 Å². The first-order chi connectivity index (χ1) is 7.98. The first-order valence-electron chi connectivity index (χ1n) is 5.95. The van der Waals surface area contributed by atoms with Crippen LogP contribution in [0.3, 0.4) is 0 Å². The van der Waals surface area contributed by atoms with Crippen LogP contribution in [0.15, 0.2) is 6.07 Å². The molecule has 1 aliphatic heterocycles. The Kier molecular flexibility index (Phi) is 2.11. The number of benzene rings is 1. The molecule has 0 amide bonds. The number of Topliss-reactive ketones (excluding diaryl/α,β-unsaturated/α-hetero) is 1. The molecule has 0 spiro atoms. The molecule has 0 unspecified atom stereocenters. The molecule has 0 fully saturated rings. The fraction of sp³-hybridized carbons (Fsp3) is 0.500. The van der Waals surface area contributed by atoms with Gasteiger partial charge in [-0.2, -0.15) is 0 Å². The summed E-state index contributed by atoms with van der Waals surface area (Å²) in [4.78, 5) is 12.1. The summed E-state index contributed by atoms with van der Waals surface area (Å²) >= 11 is 0. The zero-order valence-electron chi connectivity index (χ0n) is 10.2. The van der Waals surface area contributed by atoms with Gasteiger partial charge in [0.05, 0.1) is 13.2 Å². The fourth-order valence-corrected chi connectivity index (χ4v) is 2.86. The molecule has 1 heterocycles. The number of phenols is 1. The standard InChI is InChI=1S/C14H16O3/c1-14(2)4-10-9(12(15)5-14)3-8-6-17-7-11(8)13(10)16/h3,16H,4-7H2,1-2H3. The summed E-state index contributed by atoms with van der Waals surface area (Å²) in [5, 5.41) is 10.3. The van der Waals surface area contributed by atoms with Crippen LogP contribution in [-0.4, -0.2) is 10.9 Å². The van der Waals surface area contributed by atoms with Crippen molar-refractivity contribution in [2.45, 2.75) is 39.9 Å². The van der Waals surface area contributed by atoms with Gasteiger partial charge >= 0.3 is 0 Å². The van der Waals surface area contributed by atoms with Gasteiger partial charge < -0.3 is 9.84 Å². The minimum absolute atomic E-state index is 0.0603. The fourth-order valence-electron chi connectivity index (χ4n) is 2.86. The van der Waals surface area contributed by atoms with Gasteiger partial charge in [-0.3, -0.25) is 4.79 Å². The number of rotatable bonds is 0. The van der Waals surface area contributed by atoms with Crippen LogP contribution in [0.2, 0.25) is 0 Å². The third-order valence-electron chi connectivity index (χ3n) is 3.70. The molecule has 0 radical (unpaired) electrons. The predicted octanol–water partition coefficient (Wildman–Crippen LogP) is 2.58. The number of hydrogen-bond donors (Lipinski definition) is 1. The average Bonchev–Trinajstić information content (AvgIpc) is 2.67. The summed E-state index contributed by atoms with van der Waals surface area (Å²) in [6.07, 6.45) is 1.31. The molecule has 0 saturated heterocycles. The smallest absolute Gasteiger partial charge is 0.163 e. The molecule has 2 aliphatic rings. The summed E-state index contributed by atoms with van der Waals surface area (Å²) in [5.41, 5.74) is 3.29. The van der Waals surface area contributed by atoms with Crippen molar-refractivity contribution in [1.82, 2.24) is 0 Å². The van der Waals surface area contributed by atoms with Crippen molar-refractivity contribution in [3.8, 4) is 5.75 Å². The van der Waals surface area contributed by atoms with Crippen molar-refractivity contribution in [2.24, 2.45) is 5.41 Å². The van der Waals surface area contributed by atoms with Crippen molar-refractivity contribution in [2.75, 3.05) is 0 Å². The second-order valence-corrected chi connectivity index (χ2v) is 5.82. The number of carbonyl (C=O) groups excluding carboxylic acids is 1. The van der Waals surface area contributed by atoms with E-state index >= 15 is 0 Å². The normalized spacial score (nSPS) is 21.2. The molecule has 0 atom stereocenters. The summed E-state index contributed by atoms with van der Waals surface area (Å²) in [5.74, 6) is 0.428. The molecule has 3 rings (SSSR count). The van der Waals surface area contributed by atoms with E-state index in [9.17, 15) is 9.90 Å². The van der Waals surface area contributed by atoms with E-state index in [1.807, 2.05) is 6.07 Å². The van der Waals surface area contributed by atoms with E-state index in [0.29, 0.717) is 25.2 Å². The molecule has 0 bridgehead atoms. The summed E-state index contributed by atoms with van der Waals surface area (Å²) < 4.78 is 5.33. The highest BCUT2D eigenvalue weighted by molar-refractivity contribution is 6.00. The maximum absolute atomic E-state index is 12.1. The molecule has 1 N–H and O–H groups in total. The van der Waals surface area contributed by atoms with Gasteiger partial charge in [-0.25, -0.2) is 0 Å². The van der Waals surface area contributed by atoms with Crippen molar-refractivity contribution >= 4 is 5.78 Å². The van der Waals surface area contributed by atoms with Gasteiger partial charge in [-0.1, -0.05) is 13.8 Å². The molecule has 1 aromatic rings. The van der Waals surface area contributed by atoms with E-state index in [4.69, 9.17) is 4.74 Å². The lowest BCUT2D eigenvalue weighted by Crippen LogP contribution is -2.27. The lowest BCUT2D eigenvalue weighted by atomic mass is 9.72. The predicted molar refractivity (Wildman–Crippen MR) is 63.0 cm³/mol. The van der Waals surface area contributed by atoms with E-state index in [1.54, 1.807) is 0 Å². The van der Waals surface area contributed by atoms with Crippen molar-refractivity contribution in [3.05, 3.63) is 28.3 Å². The first kappa shape index (κ1) is 10.8. The highest BCUT2D eigenvalue weighted by Gasteiger charge is 2.34. The van der Waals surface area contributed by atoms with Gasteiger partial charge in [0.15, 0.2) is 5.78 Å². The molecule has 3 nitrogen and oxygen atoms in total. The number of hydrogen-bond acceptors (Lipinski definition) is 3. The molecule has 3 heteroatoms. The van der Waals surface area contributed by atoms with Crippen LogP contribution in [0.25, 0.3) is 0 Å². The third-order valence-corrected chi connectivity index (χ3v) is 3.70. The maximum atomic E-state index is 12.1. The Morgan fingerprint density at radius 2 is 2.00 bits per heavy atom. The largest absolute Gasteiger partial charge is 0.507 e. The van der Waals surface area contributed by atoms with E-state index < -0.39 is 0 Å². The van der Waals surface area contributed by atoms with Crippen LogP contribution in [0, 0.1) is 5.41 Å². The van der Waals surface area contributed by atoms with Crippen LogP contribution >= 0.6 is 0 Å². The molecule has 90 valence electrons. The Balaban J connectivity index is 2.21. The first-order valence-corrected chi connectivity index (χ1v) is 5.95. The Labute approximate surface area is 100 Å². The minimum atomic E-state index is -0.0603. The van der Waals surface area contributed by atoms with Crippen molar-refractivity contribution in [3.63, 3.8) is 0 Å². The number of carbonyl (C=O) groups is 1. The molecule has 17 heavy (non-hydrogen) atoms. The van der Waals surface area contributed by atoms with Gasteiger partial charge in [0.25, 0.3) is 0 Å². The zero-order chi connectivity index (χ0) is 12.2. The Morgan fingerprint density at radius 1 is 1.24 bits per heavy atom. The number of aromatic hydroxyl groups is 1. The molecule has 1 aromatic carbocycles. The van der Waals surface area contributed by atoms with E-state index in [2.05, 4.69) is 13.8 Å². The van der Waals surface area contributed by atoms with Gasteiger partial charge in [0, 0.05) is 23.1 Å². The summed E-state index contributed by atoms with van der Waals surface area (Å²) in [6.45, 7) is 5.10. The lowest BCUT2D eigenvalue weighted by Gasteiger charge is -2.31. The molecule has 0 saturated carbocycles. The number of ether oxygens (including phenoxy) is 1. The van der Waals surface area contributed by atoms with Crippen LogP contribution < -0.4 is 0 Å². The second kappa shape index (κ2) is 3.33. The molecule has 0 aromatic heterocycles. The third kappa shape index (κ3) is 1.57. The lowest BCUT2D eigenvalue weighted by molar-refractivity contribution is 0.0910. The van der Waals surface area contributed by atoms with Gasteiger partial charge in [0.1, 0.15) is 5.75 Å². The van der Waals surface area contributed by atoms with Crippen LogP contribution in [0.1, 0.15) is 47.3 Å². The van der Waals surface area contributed by atoms with Crippen LogP contribution in [0.5, 0.6) is 5.75 Å². The van der Waals surface area contributed by atoms with Crippen molar-refractivity contribution in [1.29, 1.82) is 0 Å². The highest BCUT2D eigenvalue weighted by Crippen LogP contribution is 2.42. The van der Waals surface area contributed by atoms with Crippen molar-refractivity contribution < 1.29 is 14.6 Å². The zero-order valence-corrected chi connectivity index (χ0v) is 10.2. The maximum Gasteiger partial charge on any atom is 0.163 e. The average molecular weight is 232 g/mol. The molecule has 1 aliphatic carbocycles. The van der Waals surface area contributed by atoms with E-state index in [-0.39, 0.29) is 16.9 Å². The number of ketones is 1. The topological polar surface area (TPSA) is 46.5 Å². The monoisotopic (exact) mass is 232 g/mol. The van der Waals surface area contributed by atoms with E-state index in [1.165, 1.54) is 0 Å². The minimum Gasteiger partial charge on any atom is -0.507 e. The molecular formula is C14H16O3. The van der Waals surface area contributed by atoms with Crippen LogP contribution in [-0.2, 0) is 24.4 Å². The van der Waals surface area contributed by atoms with E-state index in [0.717, 1.165) is 23.1 Å². The Hall–Kier alpha value is -1.35. The highest BCUT2D eigenvalue weighted by atomic mass is 16.5. The van der Waals surface area contributed by atoms with Crippen LogP contribution in [0.4, 0.5) is 0 Å². The second-order valence-electron chi connectivity index (χ2n) is 5.82. The molecular weight excluding hydrogens is 216 g/mol. The number of phenolic OH excluding ortho intramolecular Hbond substituents is 1. The van der Waals surface area contributed by atoms with Gasteiger partial charge in [-0.15, -0.1) is 0 Å². The summed E-state index contributed by atoms with van der Waals surface area (Å²) in [7, 11) is 0. The Morgan fingerprint density at radius 3 is 2.76 bits per heavy atom. The summed E-state index contributed by atoms with van der Waals surface area (Å²) in [6, 6.07) is 1.91. The quantitative estimate of drug-likeness (QED) is 0.747.